The SMILES string of the molecule is CCOC(=O)[C@H](CCN(CCCN(Cc1ccc(Oc2ccc(Cl)cc2)c(F)c1)C(=O)OC(C)(C)C)C[C@H]1C[C@@H](n2ccc3c(NC)ncnc32)[C@@H]2OC(C)(C)O[C@H]12)NC(=O)OC(C)(C)C. The predicted molar refractivity (Wildman–Crippen MR) is 248 cm³/mol. The molecule has 2 fully saturated rings. The van der Waals surface area contributed by atoms with E-state index in [0.717, 1.165) is 16.9 Å². The van der Waals surface area contributed by atoms with Gasteiger partial charge < -0.3 is 53.4 Å². The molecule has 1 aliphatic carbocycles. The molecule has 5 atom stereocenters. The molecule has 3 heterocycles. The van der Waals surface area contributed by atoms with Crippen molar-refractivity contribution >= 4 is 46.6 Å². The summed E-state index contributed by atoms with van der Waals surface area (Å²) in [6.45, 7) is 18.0. The highest BCUT2D eigenvalue weighted by Crippen LogP contribution is 2.48. The average Bonchev–Trinajstić information content (AvgIpc) is 3.89. The molecule has 0 unspecified atom stereocenters. The third kappa shape index (κ3) is 13.4. The maximum absolute atomic E-state index is 15.5. The van der Waals surface area contributed by atoms with Crippen molar-refractivity contribution in [2.24, 2.45) is 5.92 Å². The first kappa shape index (κ1) is 50.2. The van der Waals surface area contributed by atoms with Gasteiger partial charge in [0.2, 0.25) is 0 Å². The summed E-state index contributed by atoms with van der Waals surface area (Å²) in [5.74, 6) is -0.869. The van der Waals surface area contributed by atoms with Crippen LogP contribution in [0, 0.1) is 11.7 Å². The highest BCUT2D eigenvalue weighted by molar-refractivity contribution is 6.30. The van der Waals surface area contributed by atoms with E-state index in [2.05, 4.69) is 30.1 Å². The van der Waals surface area contributed by atoms with Gasteiger partial charge in [-0.05, 0) is 136 Å². The number of ether oxygens (including phenoxy) is 6. The van der Waals surface area contributed by atoms with E-state index in [4.69, 9.17) is 40.0 Å². The van der Waals surface area contributed by atoms with Gasteiger partial charge in [0, 0.05) is 50.4 Å². The number of anilines is 1. The van der Waals surface area contributed by atoms with Crippen LogP contribution in [0.25, 0.3) is 11.0 Å². The van der Waals surface area contributed by atoms with E-state index in [1.54, 1.807) is 90.0 Å². The Morgan fingerprint density at radius 2 is 1.68 bits per heavy atom. The quantitative estimate of drug-likeness (QED) is 0.0717. The second kappa shape index (κ2) is 21.2. The van der Waals surface area contributed by atoms with Crippen LogP contribution in [0.2, 0.25) is 5.02 Å². The van der Waals surface area contributed by atoms with E-state index in [9.17, 15) is 14.4 Å². The number of fused-ring (bicyclic) bond motifs is 2. The van der Waals surface area contributed by atoms with E-state index in [1.807, 2.05) is 33.2 Å². The summed E-state index contributed by atoms with van der Waals surface area (Å²) >= 11 is 6.01. The number of rotatable bonds is 18. The van der Waals surface area contributed by atoms with E-state index in [0.29, 0.717) is 48.8 Å². The number of amides is 2. The largest absolute Gasteiger partial charge is 0.464 e. The molecule has 2 aromatic heterocycles. The van der Waals surface area contributed by atoms with Crippen molar-refractivity contribution in [2.75, 3.05) is 45.2 Å². The number of benzene rings is 2. The summed E-state index contributed by atoms with van der Waals surface area (Å²) in [5.41, 5.74) is -0.255. The molecular formula is C48H65ClFN7O9. The van der Waals surface area contributed by atoms with Crippen LogP contribution in [-0.2, 0) is 35.0 Å². The molecule has 6 rings (SSSR count). The average molecular weight is 939 g/mol. The van der Waals surface area contributed by atoms with Crippen LogP contribution in [0.3, 0.4) is 0 Å². The Hall–Kier alpha value is -5.23. The lowest BCUT2D eigenvalue weighted by molar-refractivity contribution is -0.161. The van der Waals surface area contributed by atoms with Crippen LogP contribution in [0.1, 0.15) is 93.2 Å². The first-order valence-corrected chi connectivity index (χ1v) is 22.9. The summed E-state index contributed by atoms with van der Waals surface area (Å²) in [6, 6.07) is 12.1. The topological polar surface area (TPSA) is 168 Å². The standard InChI is InChI=1S/C48H65ClFN7O9/c1-11-61-43(58)36(54-44(59)65-46(2,3)4)20-23-55(28-31-26-37(40-39(31)63-48(8,9)64-40)57-24-19-34-41(51-10)52-29-53-42(34)57)21-12-22-56(45(60)66-47(5,6)7)27-30-13-18-38(35(50)25-30)62-33-16-14-32(49)15-17-33/h13-19,24-25,29,31,36-37,39-40H,11-12,20-23,26-28H2,1-10H3,(H,54,59)(H,51,52,53)/t31-,36+,37-,39-,40+/m1/s1. The van der Waals surface area contributed by atoms with Gasteiger partial charge in [0.15, 0.2) is 17.4 Å². The van der Waals surface area contributed by atoms with Gasteiger partial charge in [-0.25, -0.2) is 28.7 Å². The number of carbonyl (C=O) groups excluding carboxylic acids is 3. The monoisotopic (exact) mass is 937 g/mol. The zero-order valence-corrected chi connectivity index (χ0v) is 40.4. The van der Waals surface area contributed by atoms with E-state index < -0.39 is 47.0 Å². The summed E-state index contributed by atoms with van der Waals surface area (Å²) < 4.78 is 53.4. The van der Waals surface area contributed by atoms with Crippen molar-refractivity contribution in [1.82, 2.24) is 29.7 Å². The Kier molecular flexibility index (Phi) is 16.1. The molecular weight excluding hydrogens is 873 g/mol. The van der Waals surface area contributed by atoms with E-state index in [-0.39, 0.29) is 56.0 Å². The first-order valence-electron chi connectivity index (χ1n) is 22.5. The molecule has 2 N–H and O–H groups in total. The molecule has 1 aliphatic heterocycles. The first-order chi connectivity index (χ1) is 31.1. The van der Waals surface area contributed by atoms with Crippen molar-refractivity contribution < 1.29 is 47.2 Å². The maximum Gasteiger partial charge on any atom is 0.410 e. The van der Waals surface area contributed by atoms with Gasteiger partial charge in [-0.15, -0.1) is 0 Å². The molecule has 1 saturated heterocycles. The molecule has 0 bridgehead atoms. The maximum atomic E-state index is 15.5. The zero-order chi connectivity index (χ0) is 48.0. The van der Waals surface area contributed by atoms with E-state index in [1.165, 1.54) is 12.1 Å². The molecule has 18 heteroatoms. The van der Waals surface area contributed by atoms with Gasteiger partial charge in [0.1, 0.15) is 46.9 Å². The number of hydrogen-bond donors (Lipinski definition) is 2. The molecule has 360 valence electrons. The molecule has 2 aromatic carbocycles. The molecule has 1 saturated carbocycles. The smallest absolute Gasteiger partial charge is 0.410 e. The second-order valence-corrected chi connectivity index (χ2v) is 19.6. The second-order valence-electron chi connectivity index (χ2n) is 19.2. The fourth-order valence-corrected chi connectivity index (χ4v) is 8.57. The Bertz CT molecular complexity index is 2300. The minimum absolute atomic E-state index is 0.0279. The van der Waals surface area contributed by atoms with Crippen molar-refractivity contribution in [3.05, 3.63) is 77.5 Å². The van der Waals surface area contributed by atoms with Crippen molar-refractivity contribution in [1.29, 1.82) is 0 Å². The van der Waals surface area contributed by atoms with Crippen LogP contribution >= 0.6 is 11.6 Å². The van der Waals surface area contributed by atoms with Gasteiger partial charge in [-0.3, -0.25) is 0 Å². The number of aromatic nitrogens is 3. The molecule has 0 radical (unpaired) electrons. The Labute approximate surface area is 391 Å². The minimum Gasteiger partial charge on any atom is -0.464 e. The number of esters is 1. The molecule has 0 spiro atoms. The van der Waals surface area contributed by atoms with Gasteiger partial charge in [0.25, 0.3) is 0 Å². The highest BCUT2D eigenvalue weighted by Gasteiger charge is 2.55. The number of halogens is 2. The number of nitrogens with one attached hydrogen (secondary N) is 2. The lowest BCUT2D eigenvalue weighted by Crippen LogP contribution is -2.47. The lowest BCUT2D eigenvalue weighted by atomic mass is 10.0. The van der Waals surface area contributed by atoms with Crippen LogP contribution in [0.5, 0.6) is 11.5 Å². The summed E-state index contributed by atoms with van der Waals surface area (Å²) in [4.78, 5) is 52.9. The van der Waals surface area contributed by atoms with Crippen LogP contribution < -0.4 is 15.4 Å². The van der Waals surface area contributed by atoms with Crippen molar-refractivity contribution in [2.45, 2.75) is 129 Å². The number of nitrogens with zero attached hydrogens (tertiary/aromatic N) is 5. The Morgan fingerprint density at radius 3 is 2.35 bits per heavy atom. The van der Waals surface area contributed by atoms with Gasteiger partial charge in [0.05, 0.1) is 24.1 Å². The summed E-state index contributed by atoms with van der Waals surface area (Å²) in [5, 5.41) is 7.30. The third-order valence-corrected chi connectivity index (χ3v) is 11.4. The predicted octanol–water partition coefficient (Wildman–Crippen LogP) is 9.11. The number of hydrogen-bond acceptors (Lipinski definition) is 13. The molecule has 4 aromatic rings. The number of carbonyl (C=O) groups is 3. The van der Waals surface area contributed by atoms with Gasteiger partial charge in [-0.1, -0.05) is 17.7 Å². The molecule has 16 nitrogen and oxygen atoms in total. The number of alkyl carbamates (subject to hydrolysis) is 1. The van der Waals surface area contributed by atoms with Crippen molar-refractivity contribution in [3.63, 3.8) is 0 Å². The summed E-state index contributed by atoms with van der Waals surface area (Å²) in [7, 11) is 1.82. The van der Waals surface area contributed by atoms with Gasteiger partial charge in [-0.2, -0.15) is 0 Å². The molecule has 2 amide bonds. The van der Waals surface area contributed by atoms with Crippen LogP contribution in [-0.4, -0.2) is 118 Å². The summed E-state index contributed by atoms with van der Waals surface area (Å²) in [6.07, 6.45) is 3.07. The Balaban J connectivity index is 1.24. The lowest BCUT2D eigenvalue weighted by Gasteiger charge is -2.31. The van der Waals surface area contributed by atoms with Crippen LogP contribution in [0.4, 0.5) is 19.8 Å². The van der Waals surface area contributed by atoms with Gasteiger partial charge >= 0.3 is 18.2 Å². The fourth-order valence-electron chi connectivity index (χ4n) is 8.45. The van der Waals surface area contributed by atoms with Crippen LogP contribution in [0.15, 0.2) is 61.1 Å². The minimum atomic E-state index is -0.997. The zero-order valence-electron chi connectivity index (χ0n) is 39.7. The van der Waals surface area contributed by atoms with E-state index >= 15 is 4.39 Å². The fraction of sp³-hybridized carbons (Fsp3) is 0.562. The Morgan fingerprint density at radius 1 is 0.970 bits per heavy atom. The molecule has 2 aliphatic rings. The van der Waals surface area contributed by atoms with Crippen molar-refractivity contribution in [3.8, 4) is 11.5 Å². The normalized spacial score (nSPS) is 19.6. The third-order valence-electron chi connectivity index (χ3n) is 11.1. The molecule has 66 heavy (non-hydrogen) atoms. The highest BCUT2D eigenvalue weighted by atomic mass is 35.5.